The van der Waals surface area contributed by atoms with E-state index in [-0.39, 0.29) is 11.4 Å². The summed E-state index contributed by atoms with van der Waals surface area (Å²) in [5.74, 6) is -0.984. The molecule has 94 valence electrons. The smallest absolute Gasteiger partial charge is 0.275 e. The molecule has 1 saturated carbocycles. The van der Waals surface area contributed by atoms with Gasteiger partial charge in [0.2, 0.25) is 0 Å². The minimum Gasteiger partial charge on any atom is -0.318 e. The quantitative estimate of drug-likeness (QED) is 0.680. The van der Waals surface area contributed by atoms with Gasteiger partial charge in [-0.3, -0.25) is 0 Å². The van der Waals surface area contributed by atoms with Crippen LogP contribution in [0.5, 0.6) is 5.88 Å². The summed E-state index contributed by atoms with van der Waals surface area (Å²) in [5.41, 5.74) is 0.185. The van der Waals surface area contributed by atoms with Crippen LogP contribution in [0, 0.1) is 11.6 Å². The lowest BCUT2D eigenvalue weighted by Crippen LogP contribution is -1.89. The summed E-state index contributed by atoms with van der Waals surface area (Å²) >= 11 is 1.27. The number of nitrogens with zero attached hydrogens (tertiary/aromatic N) is 1. The van der Waals surface area contributed by atoms with Gasteiger partial charge in [-0.25, -0.2) is 19.0 Å². The van der Waals surface area contributed by atoms with Crippen molar-refractivity contribution < 1.29 is 18.9 Å². The van der Waals surface area contributed by atoms with Crippen molar-refractivity contribution in [3.8, 4) is 16.3 Å². The Morgan fingerprint density at radius 3 is 2.72 bits per heavy atom. The third kappa shape index (κ3) is 1.97. The Hall–Kier alpha value is -1.53. The predicted octanol–water partition coefficient (Wildman–Crippen LogP) is 3.82. The summed E-state index contributed by atoms with van der Waals surface area (Å²) in [4.78, 5) is 8.68. The van der Waals surface area contributed by atoms with Gasteiger partial charge in [0.05, 0.1) is 0 Å². The molecular weight excluding hydrogens is 260 g/mol. The minimum atomic E-state index is -0.695. The van der Waals surface area contributed by atoms with Crippen molar-refractivity contribution >= 4 is 11.3 Å². The van der Waals surface area contributed by atoms with Crippen molar-refractivity contribution in [2.75, 3.05) is 0 Å². The third-order valence-electron chi connectivity index (χ3n) is 2.80. The van der Waals surface area contributed by atoms with Crippen molar-refractivity contribution in [1.82, 2.24) is 4.98 Å². The first-order chi connectivity index (χ1) is 8.69. The molecule has 0 amide bonds. The molecule has 1 N–H and O–H groups in total. The fourth-order valence-corrected chi connectivity index (χ4v) is 2.92. The van der Waals surface area contributed by atoms with Crippen LogP contribution in [-0.2, 0) is 0 Å². The second kappa shape index (κ2) is 4.29. The first-order valence-electron chi connectivity index (χ1n) is 5.46. The molecule has 1 aromatic carbocycles. The van der Waals surface area contributed by atoms with Crippen LogP contribution in [-0.4, -0.2) is 10.2 Å². The zero-order valence-electron chi connectivity index (χ0n) is 9.19. The van der Waals surface area contributed by atoms with Crippen LogP contribution in [0.1, 0.15) is 23.8 Å². The summed E-state index contributed by atoms with van der Waals surface area (Å²) in [5, 5.41) is 9.61. The highest BCUT2D eigenvalue weighted by Gasteiger charge is 2.30. The van der Waals surface area contributed by atoms with Gasteiger partial charge in [-0.2, -0.15) is 0 Å². The van der Waals surface area contributed by atoms with Crippen molar-refractivity contribution in [3.05, 3.63) is 34.8 Å². The molecule has 0 radical (unpaired) electrons. The Morgan fingerprint density at radius 2 is 2.11 bits per heavy atom. The summed E-state index contributed by atoms with van der Waals surface area (Å²) in [6.45, 7) is 0. The topological polar surface area (TPSA) is 42.4 Å². The summed E-state index contributed by atoms with van der Waals surface area (Å²) in [6, 6.07) is 3.28. The fraction of sp³-hybridized carbons (Fsp3) is 0.250. The molecule has 0 bridgehead atoms. The SMILES string of the molecule is OOc1nc(C2CC2)sc1-c1ccc(F)cc1F. The van der Waals surface area contributed by atoms with Crippen molar-refractivity contribution in [3.63, 3.8) is 0 Å². The molecule has 1 aliphatic rings. The van der Waals surface area contributed by atoms with E-state index in [9.17, 15) is 8.78 Å². The van der Waals surface area contributed by atoms with E-state index in [1.54, 1.807) is 0 Å². The summed E-state index contributed by atoms with van der Waals surface area (Å²) < 4.78 is 26.5. The Bertz CT molecular complexity index is 596. The third-order valence-corrected chi connectivity index (χ3v) is 4.03. The number of benzene rings is 1. The summed E-state index contributed by atoms with van der Waals surface area (Å²) in [6.07, 6.45) is 2.09. The van der Waals surface area contributed by atoms with Gasteiger partial charge in [-0.05, 0) is 25.0 Å². The monoisotopic (exact) mass is 269 g/mol. The highest BCUT2D eigenvalue weighted by Crippen LogP contribution is 2.47. The zero-order valence-corrected chi connectivity index (χ0v) is 10.0. The highest BCUT2D eigenvalue weighted by molar-refractivity contribution is 7.15. The van der Waals surface area contributed by atoms with E-state index in [1.807, 2.05) is 0 Å². The molecule has 0 saturated heterocycles. The standard InChI is InChI=1S/C12H9F2NO2S/c13-7-3-4-8(9(14)5-7)10-11(17-16)15-12(18-10)6-1-2-6/h3-6,16H,1-2H2. The molecule has 1 heterocycles. The second-order valence-electron chi connectivity index (χ2n) is 4.18. The second-order valence-corrected chi connectivity index (χ2v) is 5.21. The normalized spacial score (nSPS) is 14.8. The Morgan fingerprint density at radius 1 is 1.33 bits per heavy atom. The molecule has 1 fully saturated rings. The molecule has 2 aromatic rings. The first kappa shape index (κ1) is 11.6. The van der Waals surface area contributed by atoms with Gasteiger partial charge in [0.1, 0.15) is 21.5 Å². The van der Waals surface area contributed by atoms with E-state index in [0.29, 0.717) is 10.8 Å². The van der Waals surface area contributed by atoms with Crippen molar-refractivity contribution in [2.45, 2.75) is 18.8 Å². The Labute approximate surface area is 106 Å². The van der Waals surface area contributed by atoms with Gasteiger partial charge < -0.3 is 4.89 Å². The molecule has 0 aliphatic heterocycles. The number of halogens is 2. The van der Waals surface area contributed by atoms with E-state index < -0.39 is 11.6 Å². The van der Waals surface area contributed by atoms with Crippen molar-refractivity contribution in [2.24, 2.45) is 0 Å². The first-order valence-corrected chi connectivity index (χ1v) is 6.28. The average Bonchev–Trinajstić information content (AvgIpc) is 3.10. The lowest BCUT2D eigenvalue weighted by Gasteiger charge is -2.01. The molecule has 3 rings (SSSR count). The molecule has 1 aromatic heterocycles. The average molecular weight is 269 g/mol. The molecule has 3 nitrogen and oxygen atoms in total. The van der Waals surface area contributed by atoms with Crippen LogP contribution in [0.25, 0.3) is 10.4 Å². The highest BCUT2D eigenvalue weighted by atomic mass is 32.1. The van der Waals surface area contributed by atoms with Crippen LogP contribution in [0.2, 0.25) is 0 Å². The molecule has 0 atom stereocenters. The summed E-state index contributed by atoms with van der Waals surface area (Å²) in [7, 11) is 0. The van der Waals surface area contributed by atoms with Gasteiger partial charge in [0, 0.05) is 17.5 Å². The lowest BCUT2D eigenvalue weighted by molar-refractivity contribution is -0.140. The molecule has 1 aliphatic carbocycles. The molecule has 18 heavy (non-hydrogen) atoms. The van der Waals surface area contributed by atoms with E-state index in [0.717, 1.165) is 30.0 Å². The zero-order chi connectivity index (χ0) is 12.7. The van der Waals surface area contributed by atoms with Gasteiger partial charge >= 0.3 is 0 Å². The number of hydrogen-bond acceptors (Lipinski definition) is 4. The van der Waals surface area contributed by atoms with E-state index in [1.165, 1.54) is 17.4 Å². The Kier molecular flexibility index (Phi) is 2.76. The predicted molar refractivity (Wildman–Crippen MR) is 62.7 cm³/mol. The van der Waals surface area contributed by atoms with Crippen LogP contribution in [0.3, 0.4) is 0 Å². The number of aromatic nitrogens is 1. The Balaban J connectivity index is 2.09. The fourth-order valence-electron chi connectivity index (χ4n) is 1.73. The van der Waals surface area contributed by atoms with E-state index >= 15 is 0 Å². The minimum absolute atomic E-state index is 0.0209. The number of thiazole rings is 1. The maximum atomic E-state index is 13.7. The van der Waals surface area contributed by atoms with Gasteiger partial charge in [0.25, 0.3) is 5.88 Å². The largest absolute Gasteiger partial charge is 0.318 e. The number of rotatable bonds is 3. The van der Waals surface area contributed by atoms with Gasteiger partial charge in [-0.15, -0.1) is 11.3 Å². The maximum absolute atomic E-state index is 13.7. The van der Waals surface area contributed by atoms with E-state index in [4.69, 9.17) is 5.26 Å². The lowest BCUT2D eigenvalue weighted by atomic mass is 10.2. The van der Waals surface area contributed by atoms with Crippen LogP contribution in [0.4, 0.5) is 8.78 Å². The van der Waals surface area contributed by atoms with Crippen molar-refractivity contribution in [1.29, 1.82) is 0 Å². The van der Waals surface area contributed by atoms with Gasteiger partial charge in [-0.1, -0.05) is 0 Å². The number of hydrogen-bond donors (Lipinski definition) is 1. The maximum Gasteiger partial charge on any atom is 0.275 e. The van der Waals surface area contributed by atoms with E-state index in [2.05, 4.69) is 9.87 Å². The molecular formula is C12H9F2NO2S. The molecule has 0 unspecified atom stereocenters. The van der Waals surface area contributed by atoms with Gasteiger partial charge in [0.15, 0.2) is 0 Å². The molecule has 0 spiro atoms. The van der Waals surface area contributed by atoms with Crippen LogP contribution in [0.15, 0.2) is 18.2 Å². The van der Waals surface area contributed by atoms with Crippen LogP contribution >= 0.6 is 11.3 Å². The molecule has 6 heteroatoms. The van der Waals surface area contributed by atoms with Crippen LogP contribution < -0.4 is 4.89 Å².